The first-order chi connectivity index (χ1) is 15.7. The molecule has 7 heteroatoms. The van der Waals surface area contributed by atoms with Crippen LogP contribution in [0.4, 0.5) is 0 Å². The molecule has 0 aliphatic rings. The van der Waals surface area contributed by atoms with Gasteiger partial charge < -0.3 is 20.0 Å². The van der Waals surface area contributed by atoms with Crippen LogP contribution in [0.3, 0.4) is 0 Å². The standard InChI is InChI=1S/C25H20N4O3/c30-24(19-8-10-32-15-19)28-14-22(18-6-5-16-3-1-2-4-17(16)11-18)29-25(31)21-12-26-13-23-20(21)7-9-27-23/h1-13,15,22,27H,14H2,(H,28,30)(H,29,31). The number of rotatable bonds is 6. The molecule has 3 aromatic heterocycles. The Hall–Kier alpha value is -4.39. The van der Waals surface area contributed by atoms with Crippen LogP contribution in [-0.2, 0) is 0 Å². The number of amides is 2. The maximum Gasteiger partial charge on any atom is 0.254 e. The van der Waals surface area contributed by atoms with E-state index >= 15 is 0 Å². The van der Waals surface area contributed by atoms with Crippen LogP contribution in [0.1, 0.15) is 32.3 Å². The third-order valence-corrected chi connectivity index (χ3v) is 5.45. The highest BCUT2D eigenvalue weighted by atomic mass is 16.3. The molecule has 32 heavy (non-hydrogen) atoms. The van der Waals surface area contributed by atoms with Gasteiger partial charge in [-0.15, -0.1) is 0 Å². The van der Waals surface area contributed by atoms with Gasteiger partial charge in [-0.1, -0.05) is 36.4 Å². The largest absolute Gasteiger partial charge is 0.472 e. The number of H-pyrrole nitrogens is 1. The van der Waals surface area contributed by atoms with Crippen molar-refractivity contribution < 1.29 is 14.0 Å². The highest BCUT2D eigenvalue weighted by Gasteiger charge is 2.20. The second-order valence-corrected chi connectivity index (χ2v) is 7.48. The first kappa shape index (κ1) is 19.6. The summed E-state index contributed by atoms with van der Waals surface area (Å²) in [6.07, 6.45) is 7.83. The van der Waals surface area contributed by atoms with E-state index in [1.54, 1.807) is 24.7 Å². The topological polar surface area (TPSA) is 100 Å². The van der Waals surface area contributed by atoms with E-state index in [2.05, 4.69) is 20.6 Å². The Morgan fingerprint density at radius 1 is 1.00 bits per heavy atom. The van der Waals surface area contributed by atoms with Crippen molar-refractivity contribution in [1.29, 1.82) is 0 Å². The van der Waals surface area contributed by atoms with Gasteiger partial charge in [0.2, 0.25) is 0 Å². The van der Waals surface area contributed by atoms with E-state index in [9.17, 15) is 9.59 Å². The zero-order valence-corrected chi connectivity index (χ0v) is 17.0. The smallest absolute Gasteiger partial charge is 0.254 e. The second kappa shape index (κ2) is 8.39. The van der Waals surface area contributed by atoms with Crippen LogP contribution < -0.4 is 10.6 Å². The summed E-state index contributed by atoms with van der Waals surface area (Å²) >= 11 is 0. The zero-order valence-electron chi connectivity index (χ0n) is 17.0. The predicted octanol–water partition coefficient (Wildman–Crippen LogP) is 4.21. The van der Waals surface area contributed by atoms with Crippen LogP contribution in [0.2, 0.25) is 0 Å². The maximum absolute atomic E-state index is 13.2. The van der Waals surface area contributed by atoms with Gasteiger partial charge in [0.1, 0.15) is 6.26 Å². The molecule has 0 spiro atoms. The summed E-state index contributed by atoms with van der Waals surface area (Å²) in [5, 5.41) is 8.90. The van der Waals surface area contributed by atoms with E-state index in [4.69, 9.17) is 4.42 Å². The summed E-state index contributed by atoms with van der Waals surface area (Å²) in [6.45, 7) is 0.213. The van der Waals surface area contributed by atoms with Gasteiger partial charge in [-0.25, -0.2) is 0 Å². The van der Waals surface area contributed by atoms with E-state index in [-0.39, 0.29) is 18.4 Å². The molecule has 0 saturated heterocycles. The van der Waals surface area contributed by atoms with Gasteiger partial charge in [0.15, 0.2) is 0 Å². The molecule has 0 fully saturated rings. The third-order valence-electron chi connectivity index (χ3n) is 5.45. The second-order valence-electron chi connectivity index (χ2n) is 7.48. The quantitative estimate of drug-likeness (QED) is 0.380. The number of aromatic amines is 1. The molecular formula is C25H20N4O3. The molecule has 3 heterocycles. The minimum absolute atomic E-state index is 0.213. The summed E-state index contributed by atoms with van der Waals surface area (Å²) in [4.78, 5) is 32.9. The number of aromatic nitrogens is 2. The molecule has 0 bridgehead atoms. The first-order valence-electron chi connectivity index (χ1n) is 10.2. The fraction of sp³-hybridized carbons (Fsp3) is 0.0800. The number of benzene rings is 2. The van der Waals surface area contributed by atoms with Crippen LogP contribution >= 0.6 is 0 Å². The van der Waals surface area contributed by atoms with Gasteiger partial charge in [0.25, 0.3) is 11.8 Å². The molecule has 2 amide bonds. The number of hydrogen-bond acceptors (Lipinski definition) is 4. The van der Waals surface area contributed by atoms with Crippen molar-refractivity contribution in [2.24, 2.45) is 0 Å². The molecular weight excluding hydrogens is 404 g/mol. The molecule has 1 unspecified atom stereocenters. The van der Waals surface area contributed by atoms with E-state index in [0.29, 0.717) is 11.1 Å². The number of hydrogen-bond donors (Lipinski definition) is 3. The highest BCUT2D eigenvalue weighted by Crippen LogP contribution is 2.22. The van der Waals surface area contributed by atoms with Crippen LogP contribution in [-0.4, -0.2) is 28.3 Å². The predicted molar refractivity (Wildman–Crippen MR) is 121 cm³/mol. The summed E-state index contributed by atoms with van der Waals surface area (Å²) in [5.41, 5.74) is 2.57. The number of nitrogens with zero attached hydrogens (tertiary/aromatic N) is 1. The van der Waals surface area contributed by atoms with Crippen molar-refractivity contribution in [2.45, 2.75) is 6.04 Å². The van der Waals surface area contributed by atoms with Crippen LogP contribution in [0.5, 0.6) is 0 Å². The minimum atomic E-state index is -0.447. The van der Waals surface area contributed by atoms with Gasteiger partial charge in [0, 0.05) is 24.3 Å². The number of carbonyl (C=O) groups is 2. The monoisotopic (exact) mass is 424 g/mol. The van der Waals surface area contributed by atoms with Crippen molar-refractivity contribution in [3.05, 3.63) is 102 Å². The van der Waals surface area contributed by atoms with Gasteiger partial charge in [-0.2, -0.15) is 0 Å². The lowest BCUT2D eigenvalue weighted by Gasteiger charge is -2.20. The molecule has 5 rings (SSSR count). The Balaban J connectivity index is 1.44. The van der Waals surface area contributed by atoms with Crippen molar-refractivity contribution in [3.63, 3.8) is 0 Å². The lowest BCUT2D eigenvalue weighted by Crippen LogP contribution is -2.38. The molecule has 158 valence electrons. The fourth-order valence-electron chi connectivity index (χ4n) is 3.76. The highest BCUT2D eigenvalue weighted by molar-refractivity contribution is 6.06. The normalized spacial score (nSPS) is 12.0. The Kier molecular flexibility index (Phi) is 5.13. The van der Waals surface area contributed by atoms with Crippen LogP contribution in [0.25, 0.3) is 21.7 Å². The van der Waals surface area contributed by atoms with Gasteiger partial charge >= 0.3 is 0 Å². The molecule has 1 atom stereocenters. The van der Waals surface area contributed by atoms with Crippen molar-refractivity contribution in [3.8, 4) is 0 Å². The van der Waals surface area contributed by atoms with E-state index in [0.717, 1.165) is 27.2 Å². The Labute approximate surface area is 183 Å². The van der Waals surface area contributed by atoms with E-state index in [1.807, 2.05) is 48.5 Å². The van der Waals surface area contributed by atoms with Gasteiger partial charge in [-0.05, 0) is 34.5 Å². The Bertz CT molecular complexity index is 1410. The van der Waals surface area contributed by atoms with E-state index < -0.39 is 6.04 Å². The molecule has 0 radical (unpaired) electrons. The fourth-order valence-corrected chi connectivity index (χ4v) is 3.76. The SMILES string of the molecule is O=C(NCC(NC(=O)c1cncc2[nH]ccc12)c1ccc2ccccc2c1)c1ccoc1. The number of nitrogens with one attached hydrogen (secondary N) is 3. The average molecular weight is 424 g/mol. The number of carbonyl (C=O) groups excluding carboxylic acids is 2. The van der Waals surface area contributed by atoms with E-state index in [1.165, 1.54) is 12.5 Å². The lowest BCUT2D eigenvalue weighted by atomic mass is 10.0. The lowest BCUT2D eigenvalue weighted by molar-refractivity contribution is 0.0909. The molecule has 7 nitrogen and oxygen atoms in total. The van der Waals surface area contributed by atoms with Gasteiger partial charge in [-0.3, -0.25) is 14.6 Å². The van der Waals surface area contributed by atoms with Gasteiger partial charge in [0.05, 0.1) is 35.1 Å². The number of fused-ring (bicyclic) bond motifs is 2. The first-order valence-corrected chi connectivity index (χ1v) is 10.2. The van der Waals surface area contributed by atoms with Crippen molar-refractivity contribution >= 4 is 33.5 Å². The Morgan fingerprint density at radius 3 is 2.72 bits per heavy atom. The van der Waals surface area contributed by atoms with Crippen molar-refractivity contribution in [1.82, 2.24) is 20.6 Å². The summed E-state index contributed by atoms with van der Waals surface area (Å²) < 4.78 is 4.99. The maximum atomic E-state index is 13.2. The number of pyridine rings is 1. The molecule has 3 N–H and O–H groups in total. The van der Waals surface area contributed by atoms with Crippen LogP contribution in [0.15, 0.2) is 90.1 Å². The minimum Gasteiger partial charge on any atom is -0.472 e. The summed E-state index contributed by atoms with van der Waals surface area (Å²) in [7, 11) is 0. The Morgan fingerprint density at radius 2 is 1.88 bits per heavy atom. The number of furan rings is 1. The molecule has 5 aromatic rings. The zero-order chi connectivity index (χ0) is 21.9. The third kappa shape index (κ3) is 3.83. The molecule has 0 aliphatic carbocycles. The molecule has 2 aromatic carbocycles. The average Bonchev–Trinajstić information content (AvgIpc) is 3.53. The molecule has 0 saturated carbocycles. The van der Waals surface area contributed by atoms with Crippen molar-refractivity contribution in [2.75, 3.05) is 6.54 Å². The summed E-state index contributed by atoms with van der Waals surface area (Å²) in [5.74, 6) is -0.536. The molecule has 0 aliphatic heterocycles. The van der Waals surface area contributed by atoms with Crippen LogP contribution in [0, 0.1) is 0 Å². The summed E-state index contributed by atoms with van der Waals surface area (Å²) in [6, 6.07) is 17.0.